The van der Waals surface area contributed by atoms with Gasteiger partial charge in [0.25, 0.3) is 0 Å². The van der Waals surface area contributed by atoms with Crippen molar-refractivity contribution in [3.63, 3.8) is 0 Å². The van der Waals surface area contributed by atoms with E-state index in [0.29, 0.717) is 16.5 Å². The van der Waals surface area contributed by atoms with Gasteiger partial charge in [0, 0.05) is 11.3 Å². The number of aryl methyl sites for hydroxylation is 2. The summed E-state index contributed by atoms with van der Waals surface area (Å²) in [5, 5.41) is 27.7. The number of amides is 2. The highest BCUT2D eigenvalue weighted by Gasteiger charge is 2.23. The summed E-state index contributed by atoms with van der Waals surface area (Å²) in [4.78, 5) is 24.2. The number of nitrogens with one attached hydrogen (secondary N) is 2. The minimum absolute atomic E-state index is 0.232. The number of nitrogens with zero attached hydrogens (tertiary/aromatic N) is 4. The molecule has 3 aromatic rings. The third-order valence-corrected chi connectivity index (χ3v) is 5.05. The molecule has 1 unspecified atom stereocenters. The number of rotatable bonds is 5. The van der Waals surface area contributed by atoms with E-state index in [4.69, 9.17) is 0 Å². The molecule has 3 N–H and O–H groups in total. The number of urea groups is 1. The molecule has 0 fully saturated rings. The first-order valence-electron chi connectivity index (χ1n) is 8.36. The molecule has 142 valence electrons. The highest BCUT2D eigenvalue weighted by molar-refractivity contribution is 7.19. The zero-order valence-electron chi connectivity index (χ0n) is 15.3. The maximum absolute atomic E-state index is 12.3. The Morgan fingerprint density at radius 3 is 2.59 bits per heavy atom. The fourth-order valence-corrected chi connectivity index (χ4v) is 3.42. The lowest BCUT2D eigenvalue weighted by Crippen LogP contribution is -2.46. The second-order valence-corrected chi connectivity index (χ2v) is 7.49. The zero-order valence-corrected chi connectivity index (χ0v) is 16.2. The minimum atomic E-state index is -1.07. The molecule has 0 aliphatic heterocycles. The van der Waals surface area contributed by atoms with E-state index < -0.39 is 18.0 Å². The van der Waals surface area contributed by atoms with Crippen molar-refractivity contribution in [3.05, 3.63) is 29.6 Å². The van der Waals surface area contributed by atoms with Crippen LogP contribution in [0.15, 0.2) is 18.2 Å². The Kier molecular flexibility index (Phi) is 5.08. The number of anilines is 1. The van der Waals surface area contributed by atoms with E-state index in [-0.39, 0.29) is 5.92 Å². The topological polar surface area (TPSA) is 122 Å². The number of fused-ring (bicyclic) bond motifs is 1. The van der Waals surface area contributed by atoms with Crippen LogP contribution in [0.4, 0.5) is 10.5 Å². The minimum Gasteiger partial charge on any atom is -0.480 e. The average Bonchev–Trinajstić information content (AvgIpc) is 3.16. The summed E-state index contributed by atoms with van der Waals surface area (Å²) in [7, 11) is 0. The van der Waals surface area contributed by atoms with E-state index in [0.717, 1.165) is 16.1 Å². The maximum atomic E-state index is 12.3. The number of carboxylic acid groups (broad SMARTS) is 1. The Bertz CT molecular complexity index is 1010. The third-order valence-electron chi connectivity index (χ3n) is 4.10. The predicted octanol–water partition coefficient (Wildman–Crippen LogP) is 2.70. The molecule has 0 saturated carbocycles. The van der Waals surface area contributed by atoms with E-state index in [9.17, 15) is 14.7 Å². The van der Waals surface area contributed by atoms with Crippen molar-refractivity contribution in [1.29, 1.82) is 0 Å². The Balaban J connectivity index is 1.82. The third kappa shape index (κ3) is 3.90. The molecule has 0 spiro atoms. The highest BCUT2D eigenvalue weighted by atomic mass is 32.1. The van der Waals surface area contributed by atoms with E-state index in [1.54, 1.807) is 24.4 Å². The van der Waals surface area contributed by atoms with Gasteiger partial charge < -0.3 is 15.7 Å². The van der Waals surface area contributed by atoms with Crippen LogP contribution in [0.3, 0.4) is 0 Å². The molecule has 3 rings (SSSR count). The van der Waals surface area contributed by atoms with Crippen molar-refractivity contribution in [2.75, 3.05) is 5.32 Å². The van der Waals surface area contributed by atoms with Crippen LogP contribution in [0.1, 0.15) is 25.2 Å². The van der Waals surface area contributed by atoms with Crippen molar-refractivity contribution in [2.45, 2.75) is 33.7 Å². The van der Waals surface area contributed by atoms with Crippen LogP contribution in [-0.4, -0.2) is 43.0 Å². The first-order chi connectivity index (χ1) is 12.8. The van der Waals surface area contributed by atoms with E-state index in [2.05, 4.69) is 25.9 Å². The molecule has 0 aliphatic rings. The van der Waals surface area contributed by atoms with Gasteiger partial charge in [-0.3, -0.25) is 0 Å². The average molecular weight is 388 g/mol. The summed E-state index contributed by atoms with van der Waals surface area (Å²) in [6, 6.07) is 4.06. The van der Waals surface area contributed by atoms with Gasteiger partial charge in [-0.05, 0) is 31.4 Å². The largest absolute Gasteiger partial charge is 0.480 e. The molecule has 2 amide bonds. The molecule has 27 heavy (non-hydrogen) atoms. The molecule has 1 atom stereocenters. The van der Waals surface area contributed by atoms with E-state index in [1.165, 1.54) is 11.3 Å². The van der Waals surface area contributed by atoms with Gasteiger partial charge >= 0.3 is 12.0 Å². The molecule has 2 aromatic heterocycles. The Labute approximate surface area is 159 Å². The molecule has 1 aromatic carbocycles. The zero-order chi connectivity index (χ0) is 19.7. The van der Waals surface area contributed by atoms with Gasteiger partial charge in [0.2, 0.25) is 4.96 Å². The number of aromatic nitrogens is 4. The lowest BCUT2D eigenvalue weighted by atomic mass is 10.1. The first kappa shape index (κ1) is 18.8. The van der Waals surface area contributed by atoms with Crippen molar-refractivity contribution in [2.24, 2.45) is 5.92 Å². The summed E-state index contributed by atoms with van der Waals surface area (Å²) in [6.07, 6.45) is 0. The summed E-state index contributed by atoms with van der Waals surface area (Å²) < 4.78 is 1.67. The van der Waals surface area contributed by atoms with E-state index >= 15 is 0 Å². The molecule has 9 nitrogen and oxygen atoms in total. The molecule has 2 heterocycles. The summed E-state index contributed by atoms with van der Waals surface area (Å²) in [5.74, 6) is -0.601. The normalized spacial score (nSPS) is 12.3. The molecule has 10 heteroatoms. The van der Waals surface area contributed by atoms with Gasteiger partial charge in [0.1, 0.15) is 11.0 Å². The number of benzene rings is 1. The standard InChI is InChI=1S/C17H20N6O3S/c1-8(2)13(15(24)25)19-16(26)18-12-7-11(6-5-9(12)3)14-22-23-10(4)20-21-17(23)27-14/h5-8,13H,1-4H3,(H,24,25)(H2,18,19,26). The SMILES string of the molecule is Cc1ccc(-c2nn3c(C)nnc3s2)cc1NC(=O)NC(C(=O)O)C(C)C. The number of aliphatic carboxylic acids is 1. The number of carboxylic acids is 1. The molecule has 0 saturated heterocycles. The molecule has 0 bridgehead atoms. The van der Waals surface area contributed by atoms with Gasteiger partial charge in [-0.1, -0.05) is 37.3 Å². The van der Waals surface area contributed by atoms with Crippen LogP contribution in [0.5, 0.6) is 0 Å². The Hall–Kier alpha value is -3.01. The maximum Gasteiger partial charge on any atom is 0.326 e. The van der Waals surface area contributed by atoms with Crippen molar-refractivity contribution >= 4 is 34.0 Å². The number of carbonyl (C=O) groups is 2. The fraction of sp³-hybridized carbons (Fsp3) is 0.353. The van der Waals surface area contributed by atoms with Crippen LogP contribution < -0.4 is 10.6 Å². The quantitative estimate of drug-likeness (QED) is 0.618. The monoisotopic (exact) mass is 388 g/mol. The fourth-order valence-electron chi connectivity index (χ4n) is 2.53. The molecular formula is C17H20N6O3S. The molecule has 0 radical (unpaired) electrons. The lowest BCUT2D eigenvalue weighted by Gasteiger charge is -2.19. The van der Waals surface area contributed by atoms with Gasteiger partial charge in [0.05, 0.1) is 0 Å². The smallest absolute Gasteiger partial charge is 0.326 e. The van der Waals surface area contributed by atoms with Crippen LogP contribution >= 0.6 is 11.3 Å². The lowest BCUT2D eigenvalue weighted by molar-refractivity contribution is -0.140. The Morgan fingerprint density at radius 1 is 1.22 bits per heavy atom. The first-order valence-corrected chi connectivity index (χ1v) is 9.18. The van der Waals surface area contributed by atoms with Gasteiger partial charge in [-0.2, -0.15) is 9.61 Å². The molecular weight excluding hydrogens is 368 g/mol. The van der Waals surface area contributed by atoms with Crippen molar-refractivity contribution < 1.29 is 14.7 Å². The highest BCUT2D eigenvalue weighted by Crippen LogP contribution is 2.29. The number of hydrogen-bond acceptors (Lipinski definition) is 6. The van der Waals surface area contributed by atoms with Crippen molar-refractivity contribution in [1.82, 2.24) is 25.1 Å². The summed E-state index contributed by atoms with van der Waals surface area (Å²) in [5.41, 5.74) is 2.26. The van der Waals surface area contributed by atoms with Crippen molar-refractivity contribution in [3.8, 4) is 10.6 Å². The summed E-state index contributed by atoms with van der Waals surface area (Å²) in [6.45, 7) is 7.16. The number of carbonyl (C=O) groups excluding carboxylic acids is 1. The van der Waals surface area contributed by atoms with E-state index in [1.807, 2.05) is 26.0 Å². The van der Waals surface area contributed by atoms with Crippen LogP contribution in [0, 0.1) is 19.8 Å². The van der Waals surface area contributed by atoms with Gasteiger partial charge in [0.15, 0.2) is 5.82 Å². The molecule has 0 aliphatic carbocycles. The van der Waals surface area contributed by atoms with Gasteiger partial charge in [-0.15, -0.1) is 10.2 Å². The number of hydrogen-bond donors (Lipinski definition) is 3. The summed E-state index contributed by atoms with van der Waals surface area (Å²) >= 11 is 1.40. The second-order valence-electron chi connectivity index (χ2n) is 6.54. The van der Waals surface area contributed by atoms with Crippen LogP contribution in [0.25, 0.3) is 15.5 Å². The Morgan fingerprint density at radius 2 is 1.96 bits per heavy atom. The van der Waals surface area contributed by atoms with Crippen LogP contribution in [-0.2, 0) is 4.79 Å². The predicted molar refractivity (Wildman–Crippen MR) is 102 cm³/mol. The second kappa shape index (κ2) is 7.31. The van der Waals surface area contributed by atoms with Gasteiger partial charge in [-0.25, -0.2) is 9.59 Å². The van der Waals surface area contributed by atoms with Crippen LogP contribution in [0.2, 0.25) is 0 Å².